The summed E-state index contributed by atoms with van der Waals surface area (Å²) in [6, 6.07) is 26.0. The van der Waals surface area contributed by atoms with E-state index >= 15 is 0 Å². The van der Waals surface area contributed by atoms with Gasteiger partial charge in [-0.05, 0) is 71.7 Å². The first kappa shape index (κ1) is 24.4. The van der Waals surface area contributed by atoms with Gasteiger partial charge in [0.1, 0.15) is 5.82 Å². The fourth-order valence-electron chi connectivity index (χ4n) is 6.02. The van der Waals surface area contributed by atoms with Crippen LogP contribution in [0.15, 0.2) is 72.8 Å². The van der Waals surface area contributed by atoms with E-state index in [4.69, 9.17) is 15.5 Å². The maximum atomic E-state index is 11.9. The maximum absolute atomic E-state index is 11.9. The molecule has 38 heavy (non-hydrogen) atoms. The molecule has 3 heterocycles. The van der Waals surface area contributed by atoms with Crippen LogP contribution in [-0.2, 0) is 22.4 Å². The van der Waals surface area contributed by atoms with Crippen molar-refractivity contribution in [3.8, 4) is 11.1 Å². The molecule has 0 spiro atoms. The molecule has 2 saturated heterocycles. The van der Waals surface area contributed by atoms with E-state index in [1.165, 1.54) is 22.3 Å². The molecule has 2 fully saturated rings. The van der Waals surface area contributed by atoms with Crippen molar-refractivity contribution >= 4 is 28.8 Å². The molecule has 2 aliphatic heterocycles. The van der Waals surface area contributed by atoms with Crippen LogP contribution in [0.5, 0.6) is 0 Å². The van der Waals surface area contributed by atoms with E-state index in [-0.39, 0.29) is 6.04 Å². The summed E-state index contributed by atoms with van der Waals surface area (Å²) in [7, 11) is 0. The van der Waals surface area contributed by atoms with Crippen LogP contribution in [0.1, 0.15) is 35.6 Å². The molecule has 6 heteroatoms. The lowest BCUT2D eigenvalue weighted by molar-refractivity contribution is -0.118. The molecule has 1 unspecified atom stereocenters. The van der Waals surface area contributed by atoms with Gasteiger partial charge in [0.05, 0.1) is 30.5 Å². The Morgan fingerprint density at radius 1 is 0.947 bits per heavy atom. The second-order valence-electron chi connectivity index (χ2n) is 10.3. The Kier molecular flexibility index (Phi) is 6.97. The average Bonchev–Trinajstić information content (AvgIpc) is 3.45. The van der Waals surface area contributed by atoms with Crippen LogP contribution in [0.4, 0.5) is 11.5 Å². The van der Waals surface area contributed by atoms with Crippen molar-refractivity contribution in [1.82, 2.24) is 9.88 Å². The lowest BCUT2D eigenvalue weighted by Gasteiger charge is -2.29. The second kappa shape index (κ2) is 10.8. The number of carbonyl (C=O) groups excluding carboxylic acids is 1. The number of rotatable bonds is 7. The first-order valence-electron chi connectivity index (χ1n) is 13.6. The fraction of sp³-hybridized carbons (Fsp3) is 0.312. The number of ether oxygens (including phenoxy) is 1. The zero-order valence-corrected chi connectivity index (χ0v) is 21.7. The van der Waals surface area contributed by atoms with Crippen LogP contribution in [0.25, 0.3) is 22.0 Å². The summed E-state index contributed by atoms with van der Waals surface area (Å²) >= 11 is 0. The quantitative estimate of drug-likeness (QED) is 0.340. The van der Waals surface area contributed by atoms with Crippen LogP contribution in [0.2, 0.25) is 0 Å². The van der Waals surface area contributed by atoms with Crippen molar-refractivity contribution in [1.29, 1.82) is 0 Å². The summed E-state index contributed by atoms with van der Waals surface area (Å²) in [5.74, 6) is 0.559. The zero-order valence-electron chi connectivity index (χ0n) is 21.7. The zero-order chi connectivity index (χ0) is 25.9. The van der Waals surface area contributed by atoms with Gasteiger partial charge in [0.2, 0.25) is 6.41 Å². The Bertz CT molecular complexity index is 1430. The Labute approximate surface area is 224 Å². The van der Waals surface area contributed by atoms with Crippen LogP contribution in [-0.4, -0.2) is 49.1 Å². The van der Waals surface area contributed by atoms with Crippen LogP contribution < -0.4 is 10.6 Å². The van der Waals surface area contributed by atoms with E-state index in [0.29, 0.717) is 19.0 Å². The molecule has 194 valence electrons. The van der Waals surface area contributed by atoms with Gasteiger partial charge in [-0.2, -0.15) is 0 Å². The number of aromatic nitrogens is 1. The summed E-state index contributed by atoms with van der Waals surface area (Å²) in [5, 5.41) is 1.07. The predicted octanol–water partition coefficient (Wildman–Crippen LogP) is 5.40. The molecule has 6 nitrogen and oxygen atoms in total. The molecule has 6 rings (SSSR count). The number of hydrogen-bond donors (Lipinski definition) is 1. The molecule has 1 atom stereocenters. The van der Waals surface area contributed by atoms with Gasteiger partial charge in [-0.25, -0.2) is 4.98 Å². The molecule has 0 aliphatic carbocycles. The Hall–Kier alpha value is -3.90. The topological polar surface area (TPSA) is 71.7 Å². The van der Waals surface area contributed by atoms with E-state index < -0.39 is 0 Å². The van der Waals surface area contributed by atoms with Crippen molar-refractivity contribution in [2.75, 3.05) is 43.5 Å². The Morgan fingerprint density at radius 2 is 1.79 bits per heavy atom. The highest BCUT2D eigenvalue weighted by Gasteiger charge is 2.28. The third-order valence-electron chi connectivity index (χ3n) is 7.96. The first-order valence-corrected chi connectivity index (χ1v) is 13.6. The highest BCUT2D eigenvalue weighted by Crippen LogP contribution is 2.40. The van der Waals surface area contributed by atoms with Gasteiger partial charge in [0.25, 0.3) is 0 Å². The minimum atomic E-state index is 0.100. The number of morpholine rings is 1. The van der Waals surface area contributed by atoms with Crippen LogP contribution >= 0.6 is 0 Å². The monoisotopic (exact) mass is 506 g/mol. The van der Waals surface area contributed by atoms with Crippen molar-refractivity contribution in [2.45, 2.75) is 31.7 Å². The number of amides is 1. The highest BCUT2D eigenvalue weighted by atomic mass is 16.5. The van der Waals surface area contributed by atoms with Crippen molar-refractivity contribution < 1.29 is 9.53 Å². The molecule has 0 radical (unpaired) electrons. The number of pyridine rings is 1. The third kappa shape index (κ3) is 4.84. The molecular weight excluding hydrogens is 472 g/mol. The van der Waals surface area contributed by atoms with E-state index in [1.54, 1.807) is 0 Å². The van der Waals surface area contributed by atoms with Gasteiger partial charge in [-0.15, -0.1) is 0 Å². The molecule has 3 aromatic carbocycles. The van der Waals surface area contributed by atoms with Crippen molar-refractivity contribution in [3.63, 3.8) is 0 Å². The third-order valence-corrected chi connectivity index (χ3v) is 7.96. The van der Waals surface area contributed by atoms with E-state index in [1.807, 2.05) is 4.90 Å². The van der Waals surface area contributed by atoms with E-state index in [2.05, 4.69) is 77.7 Å². The molecule has 0 saturated carbocycles. The number of aryl methyl sites for hydroxylation is 2. The number of benzene rings is 3. The fourth-order valence-corrected chi connectivity index (χ4v) is 6.02. The van der Waals surface area contributed by atoms with E-state index in [0.717, 1.165) is 73.9 Å². The lowest BCUT2D eigenvalue weighted by Crippen LogP contribution is -2.36. The average molecular weight is 507 g/mol. The molecule has 1 aromatic heterocycles. The standard InChI is InChI=1S/C32H34N4O2/c33-32-30(35-16-18-38-19-17-35)21-26-20-25(13-14-28(26)34-32)31-24(12-11-23-6-2-1-3-7-23)8-4-9-27(31)29-10-5-15-36(29)22-37/h1-4,6-9,13-14,20-22,29H,5,10-12,15-19H2,(H2,33,34). The minimum absolute atomic E-state index is 0.100. The summed E-state index contributed by atoms with van der Waals surface area (Å²) in [5.41, 5.74) is 14.5. The number of hydrogen-bond acceptors (Lipinski definition) is 5. The molecule has 2 aliphatic rings. The summed E-state index contributed by atoms with van der Waals surface area (Å²) < 4.78 is 5.54. The van der Waals surface area contributed by atoms with Crippen molar-refractivity contribution in [2.24, 2.45) is 0 Å². The number of nitrogen functional groups attached to an aromatic ring is 1. The number of likely N-dealkylation sites (tertiary alicyclic amines) is 1. The lowest BCUT2D eigenvalue weighted by atomic mass is 9.87. The van der Waals surface area contributed by atoms with Crippen LogP contribution in [0.3, 0.4) is 0 Å². The smallest absolute Gasteiger partial charge is 0.210 e. The first-order chi connectivity index (χ1) is 18.7. The minimum Gasteiger partial charge on any atom is -0.382 e. The summed E-state index contributed by atoms with van der Waals surface area (Å²) in [6.45, 7) is 3.83. The maximum Gasteiger partial charge on any atom is 0.210 e. The SMILES string of the molecule is Nc1nc2ccc(-c3c(CCc4ccccc4)cccc3C3CCCN3C=O)cc2cc1N1CCOCC1. The Balaban J connectivity index is 1.45. The van der Waals surface area contributed by atoms with Gasteiger partial charge in [0.15, 0.2) is 0 Å². The van der Waals surface area contributed by atoms with Gasteiger partial charge < -0.3 is 20.3 Å². The van der Waals surface area contributed by atoms with Gasteiger partial charge in [-0.3, -0.25) is 4.79 Å². The molecule has 1 amide bonds. The predicted molar refractivity (Wildman–Crippen MR) is 153 cm³/mol. The van der Waals surface area contributed by atoms with Gasteiger partial charge in [-0.1, -0.05) is 54.6 Å². The largest absolute Gasteiger partial charge is 0.382 e. The normalized spacial score (nSPS) is 17.7. The van der Waals surface area contributed by atoms with Crippen molar-refractivity contribution in [3.05, 3.63) is 89.5 Å². The van der Waals surface area contributed by atoms with Crippen LogP contribution in [0, 0.1) is 0 Å². The van der Waals surface area contributed by atoms with Gasteiger partial charge >= 0.3 is 0 Å². The molecule has 4 aromatic rings. The van der Waals surface area contributed by atoms with Gasteiger partial charge in [0, 0.05) is 25.0 Å². The highest BCUT2D eigenvalue weighted by molar-refractivity contribution is 5.91. The number of nitrogens with zero attached hydrogens (tertiary/aromatic N) is 3. The number of carbonyl (C=O) groups is 1. The Morgan fingerprint density at radius 3 is 2.61 bits per heavy atom. The number of nitrogens with two attached hydrogens (primary N) is 1. The molecular formula is C32H34N4O2. The second-order valence-corrected chi connectivity index (χ2v) is 10.3. The molecule has 2 N–H and O–H groups in total. The van der Waals surface area contributed by atoms with E-state index in [9.17, 15) is 4.79 Å². The number of anilines is 2. The molecule has 0 bridgehead atoms. The number of fused-ring (bicyclic) bond motifs is 1. The summed E-state index contributed by atoms with van der Waals surface area (Å²) in [4.78, 5) is 20.9. The summed E-state index contributed by atoms with van der Waals surface area (Å²) in [6.07, 6.45) is 4.92.